The number of anilines is 2. The van der Waals surface area contributed by atoms with Crippen LogP contribution in [-0.2, 0) is 0 Å². The van der Waals surface area contributed by atoms with Crippen LogP contribution < -0.4 is 15.0 Å². The molecule has 1 aliphatic heterocycles. The van der Waals surface area contributed by atoms with Gasteiger partial charge in [-0.05, 0) is 49.8 Å². The quantitative estimate of drug-likeness (QED) is 0.805. The number of nitrogens with zero attached hydrogens (tertiary/aromatic N) is 4. The highest BCUT2D eigenvalue weighted by Gasteiger charge is 2.33. The Morgan fingerprint density at radius 3 is 2.76 bits per heavy atom. The number of nitrogens with one attached hydrogen (secondary N) is 1. The Hall–Kier alpha value is -2.90. The molecule has 2 heterocycles. The molecule has 0 radical (unpaired) electrons. The molecule has 0 unspecified atom stereocenters. The first-order chi connectivity index (χ1) is 14.1. The van der Waals surface area contributed by atoms with Crippen molar-refractivity contribution in [3.05, 3.63) is 42.3 Å². The number of ether oxygens (including phenoxy) is 1. The Morgan fingerprint density at radius 1 is 1.28 bits per heavy atom. The van der Waals surface area contributed by atoms with E-state index in [9.17, 15) is 9.18 Å². The van der Waals surface area contributed by atoms with Gasteiger partial charge in [0.1, 0.15) is 5.82 Å². The number of carbonyl (C=O) groups is 1. The molecule has 7 nitrogen and oxygen atoms in total. The van der Waals surface area contributed by atoms with E-state index in [1.54, 1.807) is 31.5 Å². The normalized spacial score (nSPS) is 17.1. The van der Waals surface area contributed by atoms with Crippen LogP contribution in [0.2, 0.25) is 0 Å². The molecule has 0 atom stereocenters. The zero-order chi connectivity index (χ0) is 20.2. The van der Waals surface area contributed by atoms with Gasteiger partial charge in [-0.25, -0.2) is 14.2 Å². The van der Waals surface area contributed by atoms with E-state index in [4.69, 9.17) is 4.74 Å². The van der Waals surface area contributed by atoms with Gasteiger partial charge in [-0.1, -0.05) is 6.07 Å². The van der Waals surface area contributed by atoms with E-state index in [1.807, 2.05) is 4.90 Å². The molecule has 8 heteroatoms. The average Bonchev–Trinajstić information content (AvgIpc) is 3.56. The van der Waals surface area contributed by atoms with E-state index in [0.29, 0.717) is 23.4 Å². The number of urea groups is 1. The minimum absolute atomic E-state index is 0.144. The summed E-state index contributed by atoms with van der Waals surface area (Å²) in [4.78, 5) is 25.8. The number of carbonyl (C=O) groups excluding carboxylic acids is 1. The predicted molar refractivity (Wildman–Crippen MR) is 109 cm³/mol. The van der Waals surface area contributed by atoms with E-state index in [1.165, 1.54) is 25.0 Å². The summed E-state index contributed by atoms with van der Waals surface area (Å²) >= 11 is 0. The van der Waals surface area contributed by atoms with Crippen molar-refractivity contribution < 1.29 is 13.9 Å². The Kier molecular flexibility index (Phi) is 5.78. The third kappa shape index (κ3) is 4.93. The van der Waals surface area contributed by atoms with Crippen molar-refractivity contribution in [3.8, 4) is 5.88 Å². The van der Waals surface area contributed by atoms with Gasteiger partial charge in [0.2, 0.25) is 11.8 Å². The van der Waals surface area contributed by atoms with Gasteiger partial charge in [0.15, 0.2) is 0 Å². The van der Waals surface area contributed by atoms with Gasteiger partial charge in [-0.15, -0.1) is 0 Å². The van der Waals surface area contributed by atoms with Crippen LogP contribution in [0.4, 0.5) is 20.8 Å². The molecular weight excluding hydrogens is 373 g/mol. The molecule has 1 aliphatic carbocycles. The van der Waals surface area contributed by atoms with E-state index in [0.717, 1.165) is 32.5 Å². The van der Waals surface area contributed by atoms with Gasteiger partial charge < -0.3 is 19.9 Å². The highest BCUT2D eigenvalue weighted by molar-refractivity contribution is 5.89. The van der Waals surface area contributed by atoms with Crippen molar-refractivity contribution in [1.82, 2.24) is 14.9 Å². The number of methoxy groups -OCH3 is 1. The first-order valence-corrected chi connectivity index (χ1v) is 10.1. The van der Waals surface area contributed by atoms with Crippen molar-refractivity contribution in [2.24, 2.45) is 5.92 Å². The zero-order valence-electron chi connectivity index (χ0n) is 16.6. The van der Waals surface area contributed by atoms with Gasteiger partial charge in [0.05, 0.1) is 7.11 Å². The maximum Gasteiger partial charge on any atom is 0.322 e. The van der Waals surface area contributed by atoms with Crippen molar-refractivity contribution in [2.45, 2.75) is 31.7 Å². The number of amides is 2. The largest absolute Gasteiger partial charge is 0.481 e. The first kappa shape index (κ1) is 19.4. The fourth-order valence-electron chi connectivity index (χ4n) is 3.71. The lowest BCUT2D eigenvalue weighted by atomic mass is 10.0. The van der Waals surface area contributed by atoms with E-state index < -0.39 is 0 Å². The summed E-state index contributed by atoms with van der Waals surface area (Å²) in [6.07, 6.45) is 5.70. The Morgan fingerprint density at radius 2 is 2.07 bits per heavy atom. The molecule has 2 amide bonds. The molecule has 1 aromatic carbocycles. The number of aromatic nitrogens is 2. The molecule has 2 aliphatic rings. The van der Waals surface area contributed by atoms with Gasteiger partial charge in [-0.3, -0.25) is 0 Å². The van der Waals surface area contributed by atoms with Crippen molar-refractivity contribution in [1.29, 1.82) is 0 Å². The molecule has 1 N–H and O–H groups in total. The second-order valence-corrected chi connectivity index (χ2v) is 7.65. The predicted octanol–water partition coefficient (Wildman–Crippen LogP) is 3.54. The molecule has 154 valence electrons. The van der Waals surface area contributed by atoms with Crippen molar-refractivity contribution in [2.75, 3.05) is 37.0 Å². The number of benzene rings is 1. The minimum atomic E-state index is -0.358. The molecule has 2 fully saturated rings. The Balaban J connectivity index is 1.40. The summed E-state index contributed by atoms with van der Waals surface area (Å²) < 4.78 is 18.6. The summed E-state index contributed by atoms with van der Waals surface area (Å²) in [6, 6.07) is 7.74. The summed E-state index contributed by atoms with van der Waals surface area (Å²) in [5, 5.41) is 2.86. The van der Waals surface area contributed by atoms with Crippen LogP contribution >= 0.6 is 0 Å². The van der Waals surface area contributed by atoms with Crippen LogP contribution in [0.1, 0.15) is 25.7 Å². The molecule has 29 heavy (non-hydrogen) atoms. The van der Waals surface area contributed by atoms with Crippen LogP contribution in [0.5, 0.6) is 5.88 Å². The van der Waals surface area contributed by atoms with Crippen LogP contribution in [0.25, 0.3) is 0 Å². The van der Waals surface area contributed by atoms with Crippen molar-refractivity contribution in [3.63, 3.8) is 0 Å². The van der Waals surface area contributed by atoms with Crippen LogP contribution in [-0.4, -0.2) is 53.7 Å². The summed E-state index contributed by atoms with van der Waals surface area (Å²) in [5.41, 5.74) is 0.484. The van der Waals surface area contributed by atoms with Gasteiger partial charge >= 0.3 is 6.03 Å². The second kappa shape index (κ2) is 8.63. The fraction of sp³-hybridized carbons (Fsp3) is 0.476. The van der Waals surface area contributed by atoms with Gasteiger partial charge in [0.25, 0.3) is 0 Å². The average molecular weight is 399 g/mol. The number of piperidine rings is 1. The highest BCUT2D eigenvalue weighted by atomic mass is 19.1. The second-order valence-electron chi connectivity index (χ2n) is 7.65. The topological polar surface area (TPSA) is 70.6 Å². The lowest BCUT2D eigenvalue weighted by Gasteiger charge is -2.38. The molecule has 0 bridgehead atoms. The summed E-state index contributed by atoms with van der Waals surface area (Å²) in [6.45, 7) is 2.29. The number of hydrogen-bond acceptors (Lipinski definition) is 5. The maximum absolute atomic E-state index is 13.5. The van der Waals surface area contributed by atoms with E-state index in [-0.39, 0.29) is 17.9 Å². The molecule has 1 aromatic heterocycles. The standard InChI is InChI=1S/C21H26FN5O2/c1-29-19-7-10-23-20(25-19)26-11-8-18(9-12-26)27(14-15-5-6-15)21(28)24-17-4-2-3-16(22)13-17/h2-4,7,10,13,15,18H,5-6,8-9,11-12,14H2,1H3,(H,24,28). The third-order valence-electron chi connectivity index (χ3n) is 5.50. The lowest BCUT2D eigenvalue weighted by Crippen LogP contribution is -2.50. The first-order valence-electron chi connectivity index (χ1n) is 10.1. The number of halogens is 1. The summed E-state index contributed by atoms with van der Waals surface area (Å²) in [7, 11) is 1.59. The number of hydrogen-bond donors (Lipinski definition) is 1. The smallest absolute Gasteiger partial charge is 0.322 e. The molecule has 1 saturated heterocycles. The van der Waals surface area contributed by atoms with Crippen molar-refractivity contribution >= 4 is 17.7 Å². The molecule has 0 spiro atoms. The monoisotopic (exact) mass is 399 g/mol. The van der Waals surface area contributed by atoms with Crippen LogP contribution in [0.3, 0.4) is 0 Å². The molecule has 4 rings (SSSR count). The summed E-state index contributed by atoms with van der Waals surface area (Å²) in [5.74, 6) is 1.42. The molecule has 1 saturated carbocycles. The van der Waals surface area contributed by atoms with Gasteiger partial charge in [-0.2, -0.15) is 4.98 Å². The highest BCUT2D eigenvalue weighted by Crippen LogP contribution is 2.32. The minimum Gasteiger partial charge on any atom is -0.481 e. The van der Waals surface area contributed by atoms with E-state index >= 15 is 0 Å². The maximum atomic E-state index is 13.5. The zero-order valence-corrected chi connectivity index (χ0v) is 16.6. The lowest BCUT2D eigenvalue weighted by molar-refractivity contribution is 0.170. The SMILES string of the molecule is COc1ccnc(N2CCC(N(CC3CC3)C(=O)Nc3cccc(F)c3)CC2)n1. The van der Waals surface area contributed by atoms with Crippen LogP contribution in [0, 0.1) is 11.7 Å². The Labute approximate surface area is 169 Å². The van der Waals surface area contributed by atoms with E-state index in [2.05, 4.69) is 20.2 Å². The number of rotatable bonds is 6. The molecular formula is C21H26FN5O2. The third-order valence-corrected chi connectivity index (χ3v) is 5.50. The van der Waals surface area contributed by atoms with Crippen LogP contribution in [0.15, 0.2) is 36.5 Å². The molecule has 2 aromatic rings. The van der Waals surface area contributed by atoms with Gasteiger partial charge in [0, 0.05) is 43.6 Å². The Bertz CT molecular complexity index is 852. The fourth-order valence-corrected chi connectivity index (χ4v) is 3.71.